The Morgan fingerprint density at radius 2 is 1.11 bits per heavy atom. The Hall–Kier alpha value is 0.0348. The van der Waals surface area contributed by atoms with Gasteiger partial charge in [0.2, 0.25) is 0 Å². The van der Waals surface area contributed by atoms with Crippen LogP contribution in [0.2, 0.25) is 0 Å². The molecule has 0 spiro atoms. The maximum atomic E-state index is 2.78. The summed E-state index contributed by atoms with van der Waals surface area (Å²) in [5.74, 6) is 0. The van der Waals surface area contributed by atoms with Gasteiger partial charge in [0.25, 0.3) is 22.6 Å². The smallest absolute Gasteiger partial charge is 0.284 e. The van der Waals surface area contributed by atoms with E-state index in [-0.39, 0.29) is 0 Å². The van der Waals surface area contributed by atoms with Gasteiger partial charge in [-0.2, -0.15) is 0 Å². The van der Waals surface area contributed by atoms with E-state index in [2.05, 4.69) is 20.7 Å². The summed E-state index contributed by atoms with van der Waals surface area (Å²) in [6.07, 6.45) is 0. The first-order chi connectivity index (χ1) is 4.41. The van der Waals surface area contributed by atoms with Gasteiger partial charge < -0.3 is 20.7 Å². The van der Waals surface area contributed by atoms with Crippen molar-refractivity contribution in [2.24, 2.45) is 0 Å². The summed E-state index contributed by atoms with van der Waals surface area (Å²) in [5.41, 5.74) is 0. The van der Waals surface area contributed by atoms with Crippen molar-refractivity contribution < 1.29 is 0 Å². The summed E-state index contributed by atoms with van der Waals surface area (Å²) in [6.45, 7) is 0. The molecule has 1 aliphatic heterocycles. The summed E-state index contributed by atoms with van der Waals surface area (Å²) < 4.78 is 0. The van der Waals surface area contributed by atoms with Crippen LogP contribution in [0, 0.1) is 0 Å². The van der Waals surface area contributed by atoms with Crippen molar-refractivity contribution in [2.45, 2.75) is 0 Å². The molecular weight excluding hydrogens is 112 g/mol. The van der Waals surface area contributed by atoms with Gasteiger partial charge in [-0.05, 0) is 14.1 Å². The van der Waals surface area contributed by atoms with Crippen LogP contribution >= 0.6 is 0 Å². The summed E-state index contributed by atoms with van der Waals surface area (Å²) in [7, 11) is 8.91. The van der Waals surface area contributed by atoms with Crippen LogP contribution in [0.5, 0.6) is 0 Å². The third kappa shape index (κ3) is 8.03. The average Bonchev–Trinajstić information content (AvgIpc) is 1.93. The fourth-order valence-electron chi connectivity index (χ4n) is 0.269. The van der Waals surface area contributed by atoms with Crippen LogP contribution in [0.25, 0.3) is 0 Å². The van der Waals surface area contributed by atoms with E-state index < -0.39 is 0 Å². The van der Waals surface area contributed by atoms with Crippen LogP contribution in [-0.4, -0.2) is 36.7 Å². The van der Waals surface area contributed by atoms with Crippen LogP contribution in [-0.2, 0) is 0 Å². The highest BCUT2D eigenvalue weighted by molar-refractivity contribution is 6.65. The molecule has 1 heterocycles. The second-order valence-electron chi connectivity index (χ2n) is 1.43. The summed E-state index contributed by atoms with van der Waals surface area (Å²) >= 11 is 0. The number of hydrogen-bond donors (Lipinski definition) is 4. The van der Waals surface area contributed by atoms with Crippen molar-refractivity contribution in [3.63, 3.8) is 0 Å². The molecule has 47 valence electrons. The van der Waals surface area contributed by atoms with Crippen LogP contribution in [0.3, 0.4) is 0 Å². The zero-order chi connectivity index (χ0) is 6.95. The molecule has 0 aliphatic carbocycles. The molecule has 0 atom stereocenters. The second-order valence-corrected chi connectivity index (χ2v) is 1.43. The lowest BCUT2D eigenvalue weighted by atomic mass is 9.85. The first-order valence-corrected chi connectivity index (χ1v) is 2.73. The number of rotatable bonds is 0. The molecular formula is C2H10B3N4. The molecule has 0 aromatic rings. The first kappa shape index (κ1) is 9.03. The van der Waals surface area contributed by atoms with Crippen LogP contribution < -0.4 is 20.7 Å². The van der Waals surface area contributed by atoms with E-state index in [1.807, 2.05) is 14.1 Å². The summed E-state index contributed by atoms with van der Waals surface area (Å²) in [5, 5.41) is 11.1. The fourth-order valence-corrected chi connectivity index (χ4v) is 0.269. The van der Waals surface area contributed by atoms with Crippen LogP contribution in [0.4, 0.5) is 0 Å². The van der Waals surface area contributed by atoms with Crippen molar-refractivity contribution in [3.05, 3.63) is 0 Å². The van der Waals surface area contributed by atoms with Gasteiger partial charge in [-0.15, -0.1) is 0 Å². The number of hydrogen-bond acceptors (Lipinski definition) is 4. The molecule has 4 N–H and O–H groups in total. The van der Waals surface area contributed by atoms with E-state index in [4.69, 9.17) is 0 Å². The maximum Gasteiger partial charge on any atom is 0.284 e. The maximum absolute atomic E-state index is 2.78. The Bertz CT molecular complexity index is 37.6. The zero-order valence-electron chi connectivity index (χ0n) is 5.73. The highest BCUT2D eigenvalue weighted by Gasteiger charge is 1.98. The Morgan fingerprint density at radius 1 is 0.889 bits per heavy atom. The lowest BCUT2D eigenvalue weighted by Gasteiger charge is -2.07. The van der Waals surface area contributed by atoms with Crippen LogP contribution in [0.15, 0.2) is 0 Å². The molecule has 1 rings (SSSR count). The van der Waals surface area contributed by atoms with Crippen LogP contribution in [0.1, 0.15) is 0 Å². The minimum absolute atomic E-state index is 1.72. The molecule has 4 nitrogen and oxygen atoms in total. The van der Waals surface area contributed by atoms with Gasteiger partial charge in [-0.3, -0.25) is 0 Å². The molecule has 1 saturated heterocycles. The summed E-state index contributed by atoms with van der Waals surface area (Å²) in [4.78, 5) is 0. The largest absolute Gasteiger partial charge is 0.379 e. The van der Waals surface area contributed by atoms with Gasteiger partial charge in [0.15, 0.2) is 0 Å². The minimum atomic E-state index is 1.72. The van der Waals surface area contributed by atoms with Gasteiger partial charge in [-0.1, -0.05) is 0 Å². The standard InChI is InChI=1S/C2H7N.B3H3N3/c1-3-2;1-4-2-6-3-5-1/h3H,1-2H3;4-6H. The molecule has 0 unspecified atom stereocenters. The van der Waals surface area contributed by atoms with E-state index in [0.717, 1.165) is 0 Å². The van der Waals surface area contributed by atoms with E-state index in [1.54, 1.807) is 22.6 Å². The van der Waals surface area contributed by atoms with Gasteiger partial charge in [-0.25, -0.2) is 0 Å². The Morgan fingerprint density at radius 3 is 1.22 bits per heavy atom. The molecule has 0 aromatic carbocycles. The SMILES string of the molecule is CNC.[B]1N[B]N[B]N1. The number of nitrogens with one attached hydrogen (secondary N) is 4. The fraction of sp³-hybridized carbons (Fsp3) is 1.00. The van der Waals surface area contributed by atoms with Crippen molar-refractivity contribution in [3.8, 4) is 0 Å². The van der Waals surface area contributed by atoms with Crippen molar-refractivity contribution >= 4 is 22.6 Å². The third-order valence-corrected chi connectivity index (χ3v) is 0.500. The Balaban J connectivity index is 0.000000187. The van der Waals surface area contributed by atoms with Gasteiger partial charge in [0.05, 0.1) is 0 Å². The molecule has 0 amide bonds. The van der Waals surface area contributed by atoms with Crippen molar-refractivity contribution in [1.29, 1.82) is 0 Å². The molecule has 0 bridgehead atoms. The highest BCUT2D eigenvalue weighted by atomic mass is 15.0. The molecule has 0 aromatic heterocycles. The lowest BCUT2D eigenvalue weighted by Crippen LogP contribution is -2.55. The second kappa shape index (κ2) is 8.03. The normalized spacial score (nSPS) is 15.3. The summed E-state index contributed by atoms with van der Waals surface area (Å²) in [6, 6.07) is 0. The third-order valence-electron chi connectivity index (χ3n) is 0.500. The van der Waals surface area contributed by atoms with E-state index in [0.29, 0.717) is 0 Å². The topological polar surface area (TPSA) is 48.1 Å². The Kier molecular flexibility index (Phi) is 8.07. The van der Waals surface area contributed by atoms with E-state index in [9.17, 15) is 0 Å². The molecule has 3 radical (unpaired) electrons. The van der Waals surface area contributed by atoms with Crippen molar-refractivity contribution in [1.82, 2.24) is 20.7 Å². The van der Waals surface area contributed by atoms with Gasteiger partial charge >= 0.3 is 0 Å². The van der Waals surface area contributed by atoms with Crippen molar-refractivity contribution in [2.75, 3.05) is 14.1 Å². The van der Waals surface area contributed by atoms with Gasteiger partial charge in [0.1, 0.15) is 0 Å². The van der Waals surface area contributed by atoms with Gasteiger partial charge in [0, 0.05) is 0 Å². The predicted octanol–water partition coefficient (Wildman–Crippen LogP) is -2.79. The quantitative estimate of drug-likeness (QED) is 0.263. The molecule has 9 heavy (non-hydrogen) atoms. The Labute approximate surface area is 58.4 Å². The monoisotopic (exact) mass is 123 g/mol. The zero-order valence-corrected chi connectivity index (χ0v) is 5.73. The minimum Gasteiger partial charge on any atom is -0.379 e. The highest BCUT2D eigenvalue weighted by Crippen LogP contribution is 1.46. The average molecular weight is 123 g/mol. The molecule has 1 fully saturated rings. The van der Waals surface area contributed by atoms with E-state index in [1.165, 1.54) is 0 Å². The lowest BCUT2D eigenvalue weighted by molar-refractivity contribution is 1.02. The first-order valence-electron chi connectivity index (χ1n) is 2.73. The van der Waals surface area contributed by atoms with E-state index >= 15 is 0 Å². The molecule has 0 saturated carbocycles. The molecule has 1 aliphatic rings. The predicted molar refractivity (Wildman–Crippen MR) is 41.7 cm³/mol. The molecule has 7 heteroatoms.